The number of carbonyl (C=O) groups is 2. The van der Waals surface area contributed by atoms with Gasteiger partial charge in [0.15, 0.2) is 11.6 Å². The third-order valence-electron chi connectivity index (χ3n) is 2.38. The van der Waals surface area contributed by atoms with Crippen molar-refractivity contribution in [1.82, 2.24) is 0 Å². The maximum absolute atomic E-state index is 12.7. The summed E-state index contributed by atoms with van der Waals surface area (Å²) in [6.07, 6.45) is 0. The molecule has 0 amide bonds. The summed E-state index contributed by atoms with van der Waals surface area (Å²) in [4.78, 5) is 25.4. The fraction of sp³-hybridized carbons (Fsp3) is 0. The van der Waals surface area contributed by atoms with E-state index >= 15 is 0 Å². The predicted molar refractivity (Wildman–Crippen MR) is 64.8 cm³/mol. The van der Waals surface area contributed by atoms with E-state index in [2.05, 4.69) is 0 Å². The van der Waals surface area contributed by atoms with Gasteiger partial charge < -0.3 is 0 Å². The molecule has 17 heavy (non-hydrogen) atoms. The molecular formula is C14H7ClO2. The molecule has 0 fully saturated rings. The van der Waals surface area contributed by atoms with E-state index in [1.165, 1.54) is 0 Å². The molecule has 0 radical (unpaired) electrons. The van der Waals surface area contributed by atoms with Gasteiger partial charge in [0.25, 0.3) is 0 Å². The number of benzene rings is 2. The van der Waals surface area contributed by atoms with E-state index in [1.807, 2.05) is 0 Å². The summed E-state index contributed by atoms with van der Waals surface area (Å²) in [7, 11) is 0. The lowest BCUT2D eigenvalue weighted by Crippen LogP contribution is -2.20. The standard InChI is InChI=1S/C14H7ClO2/c15-8-5-6-11-12(7-8)14(17)10-4-2-1-3-9(10)13(11)16/h1-7H/i1D,2D,3D,4D,5D,6D,7D. The minimum absolute atomic E-state index is 0.468. The third kappa shape index (κ3) is 1.41. The molecule has 0 N–H and O–H groups in total. The van der Waals surface area contributed by atoms with Crippen LogP contribution in [0.15, 0.2) is 42.3 Å². The number of hydrogen-bond acceptors (Lipinski definition) is 2. The molecule has 1 aliphatic carbocycles. The monoisotopic (exact) mass is 249 g/mol. The molecule has 2 nitrogen and oxygen atoms in total. The van der Waals surface area contributed by atoms with Gasteiger partial charge in [-0.2, -0.15) is 0 Å². The zero-order chi connectivity index (χ0) is 18.1. The van der Waals surface area contributed by atoms with Crippen LogP contribution < -0.4 is 0 Å². The zero-order valence-electron chi connectivity index (χ0n) is 15.2. The maximum atomic E-state index is 12.7. The molecule has 0 aliphatic heterocycles. The van der Waals surface area contributed by atoms with Gasteiger partial charge in [-0.25, -0.2) is 0 Å². The van der Waals surface area contributed by atoms with Crippen molar-refractivity contribution in [3.63, 3.8) is 0 Å². The third-order valence-corrected chi connectivity index (χ3v) is 2.57. The molecule has 82 valence electrons. The quantitative estimate of drug-likeness (QED) is 0.614. The predicted octanol–water partition coefficient (Wildman–Crippen LogP) is 3.12. The molecule has 2 aromatic carbocycles. The van der Waals surface area contributed by atoms with Gasteiger partial charge in [0, 0.05) is 27.3 Å². The normalized spacial score (nSPS) is 19.0. The van der Waals surface area contributed by atoms with Gasteiger partial charge in [0.1, 0.15) is 0 Å². The maximum Gasteiger partial charge on any atom is 0.194 e. The molecule has 0 unspecified atom stereocenters. The molecule has 0 saturated heterocycles. The number of rotatable bonds is 0. The average Bonchev–Trinajstić information content (AvgIpc) is 2.55. The summed E-state index contributed by atoms with van der Waals surface area (Å²) >= 11 is 5.78. The lowest BCUT2D eigenvalue weighted by Gasteiger charge is -2.16. The van der Waals surface area contributed by atoms with Crippen LogP contribution in [0.4, 0.5) is 0 Å². The summed E-state index contributed by atoms with van der Waals surface area (Å²) in [6, 6.07) is -4.59. The summed E-state index contributed by atoms with van der Waals surface area (Å²) < 4.78 is 54.4. The molecule has 0 atom stereocenters. The Morgan fingerprint density at radius 2 is 1.35 bits per heavy atom. The lowest BCUT2D eigenvalue weighted by atomic mass is 9.84. The second-order valence-electron chi connectivity index (χ2n) is 3.35. The Hall–Kier alpha value is -1.93. The number of fused-ring (bicyclic) bond motifs is 2. The SMILES string of the molecule is [2H]c1c([2H])c([2H])c2c(c1[2H])C(=O)c1c([2H])c([2H])c(Cl)c([2H])c1C2=O. The number of ketones is 2. The van der Waals surface area contributed by atoms with Crippen LogP contribution in [0.3, 0.4) is 0 Å². The van der Waals surface area contributed by atoms with Crippen molar-refractivity contribution in [2.24, 2.45) is 0 Å². The summed E-state index contributed by atoms with van der Waals surface area (Å²) in [6.45, 7) is 0. The fourth-order valence-corrected chi connectivity index (χ4v) is 1.77. The van der Waals surface area contributed by atoms with Crippen molar-refractivity contribution >= 4 is 23.2 Å². The van der Waals surface area contributed by atoms with Crippen molar-refractivity contribution in [2.75, 3.05) is 0 Å². The van der Waals surface area contributed by atoms with Gasteiger partial charge in [-0.1, -0.05) is 35.8 Å². The number of halogens is 1. The summed E-state index contributed by atoms with van der Waals surface area (Å²) in [5.41, 5.74) is -2.13. The Morgan fingerprint density at radius 3 is 2.00 bits per heavy atom. The molecule has 2 aromatic rings. The highest BCUT2D eigenvalue weighted by Crippen LogP contribution is 2.28. The van der Waals surface area contributed by atoms with Crippen molar-refractivity contribution in [1.29, 1.82) is 0 Å². The van der Waals surface area contributed by atoms with Crippen LogP contribution in [-0.4, -0.2) is 11.6 Å². The zero-order valence-corrected chi connectivity index (χ0v) is 8.95. The van der Waals surface area contributed by atoms with Gasteiger partial charge in [0.05, 0.1) is 9.60 Å². The van der Waals surface area contributed by atoms with E-state index in [-0.39, 0.29) is 0 Å². The first-order valence-corrected chi connectivity index (χ1v) is 4.98. The first-order valence-electron chi connectivity index (χ1n) is 8.10. The van der Waals surface area contributed by atoms with Crippen molar-refractivity contribution in [3.8, 4) is 0 Å². The van der Waals surface area contributed by atoms with Gasteiger partial charge in [0.2, 0.25) is 0 Å². The van der Waals surface area contributed by atoms with Crippen LogP contribution in [-0.2, 0) is 0 Å². The second-order valence-corrected chi connectivity index (χ2v) is 3.73. The van der Waals surface area contributed by atoms with Gasteiger partial charge in [-0.3, -0.25) is 9.59 Å². The minimum atomic E-state index is -0.990. The molecule has 3 heteroatoms. The molecule has 3 rings (SSSR count). The van der Waals surface area contributed by atoms with Crippen LogP contribution in [0.25, 0.3) is 0 Å². The van der Waals surface area contributed by atoms with E-state index in [1.54, 1.807) is 0 Å². The fourth-order valence-electron chi connectivity index (χ4n) is 1.63. The molecule has 0 heterocycles. The Bertz CT molecular complexity index is 831. The van der Waals surface area contributed by atoms with Gasteiger partial charge in [-0.15, -0.1) is 0 Å². The summed E-state index contributed by atoms with van der Waals surface area (Å²) in [5, 5.41) is -0.468. The van der Waals surface area contributed by atoms with E-state index in [0.29, 0.717) is 0 Å². The smallest absolute Gasteiger partial charge is 0.194 e. The van der Waals surface area contributed by atoms with Crippen molar-refractivity contribution in [2.45, 2.75) is 0 Å². The van der Waals surface area contributed by atoms with Crippen LogP contribution >= 0.6 is 11.6 Å². The Morgan fingerprint density at radius 1 is 0.824 bits per heavy atom. The molecular weight excluding hydrogens is 236 g/mol. The average molecular weight is 250 g/mol. The van der Waals surface area contributed by atoms with Gasteiger partial charge in [-0.05, 0) is 18.1 Å². The number of carbonyl (C=O) groups excluding carboxylic acids is 2. The van der Waals surface area contributed by atoms with E-state index in [9.17, 15) is 9.59 Å². The first kappa shape index (κ1) is 5.15. The second kappa shape index (κ2) is 3.54. The Labute approximate surface area is 113 Å². The van der Waals surface area contributed by atoms with Crippen LogP contribution in [0.2, 0.25) is 5.02 Å². The van der Waals surface area contributed by atoms with Crippen LogP contribution in [0.5, 0.6) is 0 Å². The minimum Gasteiger partial charge on any atom is -0.289 e. The topological polar surface area (TPSA) is 34.1 Å². The van der Waals surface area contributed by atoms with Gasteiger partial charge >= 0.3 is 0 Å². The molecule has 0 spiro atoms. The number of hydrogen-bond donors (Lipinski definition) is 0. The Balaban J connectivity index is 2.53. The highest BCUT2D eigenvalue weighted by molar-refractivity contribution is 6.33. The van der Waals surface area contributed by atoms with Crippen molar-refractivity contribution < 1.29 is 19.2 Å². The van der Waals surface area contributed by atoms with Crippen molar-refractivity contribution in [3.05, 3.63) is 69.6 Å². The van der Waals surface area contributed by atoms with Crippen LogP contribution in [0.1, 0.15) is 41.4 Å². The highest BCUT2D eigenvalue weighted by Gasteiger charge is 2.28. The molecule has 0 bridgehead atoms. The molecule has 0 saturated carbocycles. The summed E-state index contributed by atoms with van der Waals surface area (Å²) in [5.74, 6) is -1.97. The van der Waals surface area contributed by atoms with E-state index < -0.39 is 81.1 Å². The van der Waals surface area contributed by atoms with Crippen LogP contribution in [0, 0.1) is 0 Å². The highest BCUT2D eigenvalue weighted by atomic mass is 35.5. The molecule has 1 aliphatic rings. The first-order chi connectivity index (χ1) is 11.1. The molecule has 0 aromatic heterocycles. The van der Waals surface area contributed by atoms with E-state index in [0.717, 1.165) is 0 Å². The van der Waals surface area contributed by atoms with E-state index in [4.69, 9.17) is 21.2 Å². The lowest BCUT2D eigenvalue weighted by molar-refractivity contribution is 0.0979. The largest absolute Gasteiger partial charge is 0.289 e. The Kier molecular flexibility index (Phi) is 1.07.